The topological polar surface area (TPSA) is 78.9 Å². The van der Waals surface area contributed by atoms with Crippen molar-refractivity contribution >= 4 is 11.6 Å². The Balaban J connectivity index is 1.41. The van der Waals surface area contributed by atoms with Crippen LogP contribution in [0, 0.1) is 6.92 Å². The average molecular weight is 394 g/mol. The Kier molecular flexibility index (Phi) is 4.18. The molecule has 3 heterocycles. The van der Waals surface area contributed by atoms with E-state index in [2.05, 4.69) is 20.5 Å². The summed E-state index contributed by atoms with van der Waals surface area (Å²) in [5.41, 5.74) is 4.50. The van der Waals surface area contributed by atoms with E-state index in [0.29, 0.717) is 35.6 Å². The van der Waals surface area contributed by atoms with Crippen LogP contribution < -0.4 is 0 Å². The van der Waals surface area contributed by atoms with E-state index in [1.807, 2.05) is 60.1 Å². The van der Waals surface area contributed by atoms with Gasteiger partial charge in [0.05, 0.1) is 18.8 Å². The summed E-state index contributed by atoms with van der Waals surface area (Å²) in [7, 11) is 0. The third kappa shape index (κ3) is 3.08. The zero-order chi connectivity index (χ0) is 19.1. The molecule has 1 aliphatic rings. The van der Waals surface area contributed by atoms with Gasteiger partial charge in [0, 0.05) is 10.6 Å². The second-order valence-corrected chi connectivity index (χ2v) is 7.14. The van der Waals surface area contributed by atoms with Crippen LogP contribution in [0.5, 0.6) is 0 Å². The zero-order valence-electron chi connectivity index (χ0n) is 15.0. The van der Waals surface area contributed by atoms with Crippen LogP contribution >= 0.6 is 11.6 Å². The van der Waals surface area contributed by atoms with Crippen LogP contribution in [-0.2, 0) is 17.9 Å². The van der Waals surface area contributed by atoms with E-state index in [4.69, 9.17) is 20.9 Å². The fraction of sp³-hybridized carbons (Fsp3) is 0.200. The van der Waals surface area contributed by atoms with E-state index in [9.17, 15) is 0 Å². The van der Waals surface area contributed by atoms with Gasteiger partial charge in [-0.25, -0.2) is 4.68 Å². The number of hydrogen-bond donors (Lipinski definition) is 0. The van der Waals surface area contributed by atoms with Crippen LogP contribution in [-0.4, -0.2) is 25.1 Å². The van der Waals surface area contributed by atoms with Gasteiger partial charge in [0.1, 0.15) is 6.10 Å². The summed E-state index contributed by atoms with van der Waals surface area (Å²) in [5.74, 6) is 0.859. The maximum Gasteiger partial charge on any atom is 0.258 e. The van der Waals surface area contributed by atoms with E-state index >= 15 is 0 Å². The molecule has 0 saturated carbocycles. The lowest BCUT2D eigenvalue weighted by atomic mass is 10.1. The Bertz CT molecular complexity index is 1120. The van der Waals surface area contributed by atoms with Crippen LogP contribution in [0.4, 0.5) is 0 Å². The minimum Gasteiger partial charge on any atom is -0.365 e. The Hall–Kier alpha value is -3.03. The van der Waals surface area contributed by atoms with Gasteiger partial charge in [0.15, 0.2) is 5.69 Å². The average Bonchev–Trinajstić information content (AvgIpc) is 3.35. The molecule has 1 aliphatic heterocycles. The minimum atomic E-state index is -0.104. The predicted molar refractivity (Wildman–Crippen MR) is 102 cm³/mol. The third-order valence-electron chi connectivity index (χ3n) is 4.78. The molecule has 2 aromatic carbocycles. The molecule has 1 unspecified atom stereocenters. The van der Waals surface area contributed by atoms with Gasteiger partial charge in [-0.2, -0.15) is 4.98 Å². The number of benzene rings is 2. The second kappa shape index (κ2) is 6.85. The molecule has 0 N–H and O–H groups in total. The van der Waals surface area contributed by atoms with Gasteiger partial charge in [0.2, 0.25) is 5.82 Å². The molecular formula is C20H16ClN5O2. The fourth-order valence-electron chi connectivity index (χ4n) is 3.20. The number of aromatic nitrogens is 5. The highest BCUT2D eigenvalue weighted by Crippen LogP contribution is 2.31. The van der Waals surface area contributed by atoms with Gasteiger partial charge in [-0.15, -0.1) is 5.10 Å². The summed E-state index contributed by atoms with van der Waals surface area (Å²) in [6, 6.07) is 15.5. The van der Waals surface area contributed by atoms with Crippen molar-refractivity contribution in [2.45, 2.75) is 26.2 Å². The lowest BCUT2D eigenvalue weighted by molar-refractivity contribution is -0.00111. The minimum absolute atomic E-state index is 0.104. The van der Waals surface area contributed by atoms with Crippen molar-refractivity contribution in [2.75, 3.05) is 0 Å². The molecule has 0 fully saturated rings. The molecule has 0 amide bonds. The summed E-state index contributed by atoms with van der Waals surface area (Å²) in [6.07, 6.45) is -0.104. The van der Waals surface area contributed by atoms with E-state index in [-0.39, 0.29) is 6.10 Å². The standard InChI is InChI=1S/C20H16ClN5O2/c1-12-2-4-14(5-3-12)20-22-19(24-28-20)18-16-11-27-17(10-26(16)25-23-18)13-6-8-15(21)9-7-13/h2-9,17H,10-11H2,1H3. The molecule has 1 atom stereocenters. The maximum atomic E-state index is 6.03. The number of ether oxygens (including phenoxy) is 1. The monoisotopic (exact) mass is 393 g/mol. The zero-order valence-corrected chi connectivity index (χ0v) is 15.8. The Morgan fingerprint density at radius 2 is 1.86 bits per heavy atom. The van der Waals surface area contributed by atoms with Gasteiger partial charge in [-0.05, 0) is 36.8 Å². The number of hydrogen-bond acceptors (Lipinski definition) is 6. The number of aryl methyl sites for hydroxylation is 1. The van der Waals surface area contributed by atoms with Crippen LogP contribution in [0.15, 0.2) is 53.1 Å². The van der Waals surface area contributed by atoms with Crippen molar-refractivity contribution in [1.82, 2.24) is 25.1 Å². The van der Waals surface area contributed by atoms with Gasteiger partial charge in [-0.3, -0.25) is 0 Å². The first-order valence-corrected chi connectivity index (χ1v) is 9.26. The lowest BCUT2D eigenvalue weighted by Gasteiger charge is -2.24. The molecule has 0 saturated heterocycles. The van der Waals surface area contributed by atoms with E-state index in [1.54, 1.807) is 0 Å². The van der Waals surface area contributed by atoms with Gasteiger partial charge >= 0.3 is 0 Å². The van der Waals surface area contributed by atoms with Gasteiger partial charge in [-0.1, -0.05) is 51.8 Å². The molecule has 140 valence electrons. The molecule has 2 aromatic heterocycles. The summed E-state index contributed by atoms with van der Waals surface area (Å²) in [6.45, 7) is 2.96. The fourth-order valence-corrected chi connectivity index (χ4v) is 3.32. The number of rotatable bonds is 3. The molecule has 4 aromatic rings. The summed E-state index contributed by atoms with van der Waals surface area (Å²) < 4.78 is 13.3. The smallest absolute Gasteiger partial charge is 0.258 e. The molecule has 5 rings (SSSR count). The van der Waals surface area contributed by atoms with E-state index in [1.165, 1.54) is 5.56 Å². The molecule has 0 bridgehead atoms. The Labute approximate surface area is 165 Å². The second-order valence-electron chi connectivity index (χ2n) is 6.71. The summed E-state index contributed by atoms with van der Waals surface area (Å²) >= 11 is 5.97. The van der Waals surface area contributed by atoms with E-state index < -0.39 is 0 Å². The first kappa shape index (κ1) is 17.1. The van der Waals surface area contributed by atoms with E-state index in [0.717, 1.165) is 16.8 Å². The van der Waals surface area contributed by atoms with Crippen molar-refractivity contribution in [3.63, 3.8) is 0 Å². The first-order valence-electron chi connectivity index (χ1n) is 8.88. The highest BCUT2D eigenvalue weighted by atomic mass is 35.5. The maximum absolute atomic E-state index is 6.03. The molecule has 7 nitrogen and oxygen atoms in total. The molecule has 8 heteroatoms. The molecular weight excluding hydrogens is 378 g/mol. The predicted octanol–water partition coefficient (Wildman–Crippen LogP) is 4.23. The Morgan fingerprint density at radius 3 is 2.64 bits per heavy atom. The molecule has 0 radical (unpaired) electrons. The summed E-state index contributed by atoms with van der Waals surface area (Å²) in [5, 5.41) is 13.3. The molecule has 28 heavy (non-hydrogen) atoms. The summed E-state index contributed by atoms with van der Waals surface area (Å²) in [4.78, 5) is 4.48. The van der Waals surface area contributed by atoms with Crippen molar-refractivity contribution in [3.8, 4) is 23.0 Å². The number of halogens is 1. The quantitative estimate of drug-likeness (QED) is 0.518. The van der Waals surface area contributed by atoms with Crippen molar-refractivity contribution < 1.29 is 9.26 Å². The van der Waals surface area contributed by atoms with Crippen molar-refractivity contribution in [1.29, 1.82) is 0 Å². The first-order chi connectivity index (χ1) is 13.7. The van der Waals surface area contributed by atoms with Gasteiger partial charge in [0.25, 0.3) is 5.89 Å². The Morgan fingerprint density at radius 1 is 1.07 bits per heavy atom. The third-order valence-corrected chi connectivity index (χ3v) is 5.03. The van der Waals surface area contributed by atoms with Crippen LogP contribution in [0.2, 0.25) is 5.02 Å². The number of nitrogens with zero attached hydrogens (tertiary/aromatic N) is 5. The SMILES string of the molecule is Cc1ccc(-c2nc(-c3nnn4c3COC(c3ccc(Cl)cc3)C4)no2)cc1. The van der Waals surface area contributed by atoms with Crippen molar-refractivity contribution in [3.05, 3.63) is 70.4 Å². The van der Waals surface area contributed by atoms with Crippen LogP contribution in [0.3, 0.4) is 0 Å². The largest absolute Gasteiger partial charge is 0.365 e. The highest BCUT2D eigenvalue weighted by molar-refractivity contribution is 6.30. The van der Waals surface area contributed by atoms with Crippen molar-refractivity contribution in [2.24, 2.45) is 0 Å². The van der Waals surface area contributed by atoms with Crippen LogP contribution in [0.25, 0.3) is 23.0 Å². The highest BCUT2D eigenvalue weighted by Gasteiger charge is 2.27. The molecule has 0 aliphatic carbocycles. The van der Waals surface area contributed by atoms with Crippen LogP contribution in [0.1, 0.15) is 22.9 Å². The number of fused-ring (bicyclic) bond motifs is 1. The normalized spacial score (nSPS) is 16.1. The van der Waals surface area contributed by atoms with Gasteiger partial charge < -0.3 is 9.26 Å². The lowest BCUT2D eigenvalue weighted by Crippen LogP contribution is -2.22. The molecule has 0 spiro atoms.